The number of rotatable bonds is 5. The lowest BCUT2D eigenvalue weighted by atomic mass is 10.2. The van der Waals surface area contributed by atoms with Crippen LogP contribution in [0.3, 0.4) is 0 Å². The molecular formula is C17H15ClN2O4. The Balaban J connectivity index is 1.55. The number of aromatic nitrogens is 1. The molecule has 1 atom stereocenters. The Labute approximate surface area is 142 Å². The fourth-order valence-corrected chi connectivity index (χ4v) is 2.43. The molecule has 0 saturated heterocycles. The highest BCUT2D eigenvalue weighted by atomic mass is 35.5. The van der Waals surface area contributed by atoms with Crippen LogP contribution in [-0.2, 0) is 9.53 Å². The predicted molar refractivity (Wildman–Crippen MR) is 88.9 cm³/mol. The highest BCUT2D eigenvalue weighted by Crippen LogP contribution is 2.23. The van der Waals surface area contributed by atoms with Gasteiger partial charge in [0, 0.05) is 11.6 Å². The fourth-order valence-electron chi connectivity index (χ4n) is 2.26. The number of benzene rings is 1. The van der Waals surface area contributed by atoms with Gasteiger partial charge in [0.15, 0.2) is 6.61 Å². The number of hydrogen-bond donors (Lipinski definition) is 2. The van der Waals surface area contributed by atoms with Gasteiger partial charge in [-0.2, -0.15) is 0 Å². The number of furan rings is 1. The average Bonchev–Trinajstić information content (AvgIpc) is 3.18. The summed E-state index contributed by atoms with van der Waals surface area (Å²) in [5, 5.41) is 4.08. The van der Waals surface area contributed by atoms with Crippen LogP contribution >= 0.6 is 11.6 Å². The molecule has 6 nitrogen and oxygen atoms in total. The second-order valence-corrected chi connectivity index (χ2v) is 5.72. The minimum Gasteiger partial charge on any atom is -0.459 e. The van der Waals surface area contributed by atoms with E-state index in [0.29, 0.717) is 10.8 Å². The van der Waals surface area contributed by atoms with Crippen molar-refractivity contribution >= 4 is 34.4 Å². The second kappa shape index (κ2) is 6.80. The number of nitrogens with one attached hydrogen (secondary N) is 2. The maximum atomic E-state index is 11.9. The molecule has 3 aromatic rings. The van der Waals surface area contributed by atoms with Gasteiger partial charge in [0.2, 0.25) is 0 Å². The SMILES string of the molecule is CC(NC(=O)COC(=O)c1cc(Cl)c[nH]1)c1cc2ccccc2o1. The van der Waals surface area contributed by atoms with E-state index in [-0.39, 0.29) is 18.3 Å². The van der Waals surface area contributed by atoms with Crippen LogP contribution in [0.2, 0.25) is 5.02 Å². The number of amides is 1. The number of hydrogen-bond acceptors (Lipinski definition) is 4. The molecule has 2 heterocycles. The van der Waals surface area contributed by atoms with E-state index in [9.17, 15) is 9.59 Å². The lowest BCUT2D eigenvalue weighted by molar-refractivity contribution is -0.125. The van der Waals surface area contributed by atoms with Crippen molar-refractivity contribution in [3.8, 4) is 0 Å². The van der Waals surface area contributed by atoms with Crippen LogP contribution in [0.15, 0.2) is 47.0 Å². The largest absolute Gasteiger partial charge is 0.459 e. The Hall–Kier alpha value is -2.73. The maximum Gasteiger partial charge on any atom is 0.355 e. The molecule has 2 N–H and O–H groups in total. The minimum absolute atomic E-state index is 0.193. The molecule has 2 aromatic heterocycles. The van der Waals surface area contributed by atoms with Gasteiger partial charge in [-0.05, 0) is 25.1 Å². The predicted octanol–water partition coefficient (Wildman–Crippen LogP) is 3.45. The van der Waals surface area contributed by atoms with Gasteiger partial charge in [-0.1, -0.05) is 29.8 Å². The van der Waals surface area contributed by atoms with Gasteiger partial charge in [0.25, 0.3) is 5.91 Å². The van der Waals surface area contributed by atoms with Gasteiger partial charge in [0.05, 0.1) is 11.1 Å². The lowest BCUT2D eigenvalue weighted by Gasteiger charge is -2.11. The summed E-state index contributed by atoms with van der Waals surface area (Å²) in [6.45, 7) is 1.40. The van der Waals surface area contributed by atoms with Crippen molar-refractivity contribution in [3.05, 3.63) is 59.1 Å². The number of carbonyl (C=O) groups excluding carboxylic acids is 2. The van der Waals surface area contributed by atoms with Crippen LogP contribution in [-0.4, -0.2) is 23.5 Å². The van der Waals surface area contributed by atoms with Gasteiger partial charge in [-0.3, -0.25) is 4.79 Å². The van der Waals surface area contributed by atoms with Crippen LogP contribution in [0.1, 0.15) is 29.2 Å². The van der Waals surface area contributed by atoms with Gasteiger partial charge in [0.1, 0.15) is 17.0 Å². The molecule has 0 saturated carbocycles. The van der Waals surface area contributed by atoms with Crippen molar-refractivity contribution < 1.29 is 18.7 Å². The summed E-state index contributed by atoms with van der Waals surface area (Å²) in [6.07, 6.45) is 1.46. The number of esters is 1. The monoisotopic (exact) mass is 346 g/mol. The van der Waals surface area contributed by atoms with Crippen LogP contribution in [0.5, 0.6) is 0 Å². The molecule has 124 valence electrons. The number of ether oxygens (including phenoxy) is 1. The smallest absolute Gasteiger partial charge is 0.355 e. The van der Waals surface area contributed by atoms with Crippen molar-refractivity contribution in [2.24, 2.45) is 0 Å². The molecule has 24 heavy (non-hydrogen) atoms. The Morgan fingerprint density at radius 1 is 1.33 bits per heavy atom. The lowest BCUT2D eigenvalue weighted by Crippen LogP contribution is -2.31. The van der Waals surface area contributed by atoms with Gasteiger partial charge < -0.3 is 19.5 Å². The number of fused-ring (bicyclic) bond motifs is 1. The van der Waals surface area contributed by atoms with E-state index in [1.165, 1.54) is 12.3 Å². The van der Waals surface area contributed by atoms with Gasteiger partial charge in [-0.25, -0.2) is 4.79 Å². The number of para-hydroxylation sites is 1. The Bertz CT molecular complexity index is 850. The zero-order valence-corrected chi connectivity index (χ0v) is 13.6. The molecule has 0 aliphatic carbocycles. The first-order chi connectivity index (χ1) is 11.5. The summed E-state index contributed by atoms with van der Waals surface area (Å²) < 4.78 is 10.6. The topological polar surface area (TPSA) is 84.3 Å². The highest BCUT2D eigenvalue weighted by molar-refractivity contribution is 6.30. The molecule has 0 spiro atoms. The van der Waals surface area contributed by atoms with E-state index in [4.69, 9.17) is 20.8 Å². The number of carbonyl (C=O) groups is 2. The van der Waals surface area contributed by atoms with E-state index in [1.54, 1.807) is 6.92 Å². The summed E-state index contributed by atoms with van der Waals surface area (Å²) in [5.74, 6) is -0.436. The number of H-pyrrole nitrogens is 1. The summed E-state index contributed by atoms with van der Waals surface area (Å²) >= 11 is 5.71. The standard InChI is InChI=1S/C17H15ClN2O4/c1-10(15-6-11-4-2-3-5-14(11)24-15)20-16(21)9-23-17(22)13-7-12(18)8-19-13/h2-8,10,19H,9H2,1H3,(H,20,21). The third-order valence-corrected chi connectivity index (χ3v) is 3.67. The zero-order chi connectivity index (χ0) is 17.1. The third kappa shape index (κ3) is 3.60. The minimum atomic E-state index is -0.645. The van der Waals surface area contributed by atoms with Crippen LogP contribution in [0.25, 0.3) is 11.0 Å². The molecule has 1 unspecified atom stereocenters. The average molecular weight is 347 g/mol. The van der Waals surface area contributed by atoms with E-state index in [1.807, 2.05) is 30.3 Å². The van der Waals surface area contributed by atoms with E-state index >= 15 is 0 Å². The van der Waals surface area contributed by atoms with Crippen LogP contribution < -0.4 is 5.32 Å². The number of aromatic amines is 1. The Morgan fingerprint density at radius 3 is 2.83 bits per heavy atom. The molecule has 0 bridgehead atoms. The van der Waals surface area contributed by atoms with E-state index in [2.05, 4.69) is 10.3 Å². The van der Waals surface area contributed by atoms with Crippen molar-refractivity contribution in [1.82, 2.24) is 10.3 Å². The first-order valence-electron chi connectivity index (χ1n) is 7.32. The summed E-state index contributed by atoms with van der Waals surface area (Å²) in [4.78, 5) is 26.3. The second-order valence-electron chi connectivity index (χ2n) is 5.28. The molecular weight excluding hydrogens is 332 g/mol. The molecule has 0 aliphatic heterocycles. The molecule has 1 aromatic carbocycles. The third-order valence-electron chi connectivity index (χ3n) is 3.45. The first kappa shape index (κ1) is 16.1. The highest BCUT2D eigenvalue weighted by Gasteiger charge is 2.16. The normalized spacial score (nSPS) is 12.1. The molecule has 0 radical (unpaired) electrons. The quantitative estimate of drug-likeness (QED) is 0.693. The molecule has 0 fully saturated rings. The van der Waals surface area contributed by atoms with Crippen molar-refractivity contribution in [2.45, 2.75) is 13.0 Å². The van der Waals surface area contributed by atoms with Crippen molar-refractivity contribution in [1.29, 1.82) is 0 Å². The molecule has 7 heteroatoms. The molecule has 1 amide bonds. The van der Waals surface area contributed by atoms with Gasteiger partial charge >= 0.3 is 5.97 Å². The first-order valence-corrected chi connectivity index (χ1v) is 7.69. The Morgan fingerprint density at radius 2 is 2.12 bits per heavy atom. The van der Waals surface area contributed by atoms with E-state index in [0.717, 1.165) is 11.0 Å². The van der Waals surface area contributed by atoms with Crippen LogP contribution in [0.4, 0.5) is 0 Å². The zero-order valence-electron chi connectivity index (χ0n) is 12.8. The fraction of sp³-hybridized carbons (Fsp3) is 0.176. The maximum absolute atomic E-state index is 11.9. The van der Waals surface area contributed by atoms with E-state index < -0.39 is 11.9 Å². The summed E-state index contributed by atoms with van der Waals surface area (Å²) in [7, 11) is 0. The summed E-state index contributed by atoms with van der Waals surface area (Å²) in [5.41, 5.74) is 0.946. The molecule has 0 aliphatic rings. The van der Waals surface area contributed by atoms with Crippen molar-refractivity contribution in [3.63, 3.8) is 0 Å². The Kier molecular flexibility index (Phi) is 4.57. The molecule has 3 rings (SSSR count). The summed E-state index contributed by atoms with van der Waals surface area (Å²) in [6, 6.07) is 10.5. The number of halogens is 1. The van der Waals surface area contributed by atoms with Crippen molar-refractivity contribution in [2.75, 3.05) is 6.61 Å². The van der Waals surface area contributed by atoms with Gasteiger partial charge in [-0.15, -0.1) is 0 Å². The van der Waals surface area contributed by atoms with Crippen LogP contribution in [0, 0.1) is 0 Å².